The van der Waals surface area contributed by atoms with E-state index in [1.165, 1.54) is 51.4 Å². The molecule has 26 heavy (non-hydrogen) atoms. The molecule has 5 heteroatoms. The van der Waals surface area contributed by atoms with Gasteiger partial charge in [-0.05, 0) is 72.5 Å². The van der Waals surface area contributed by atoms with Crippen molar-refractivity contribution in [3.05, 3.63) is 22.7 Å². The predicted octanol–water partition coefficient (Wildman–Crippen LogP) is 5.99. The highest BCUT2D eigenvalue weighted by Crippen LogP contribution is 2.35. The van der Waals surface area contributed by atoms with Crippen LogP contribution in [0, 0.1) is 11.8 Å². The fourth-order valence-corrected chi connectivity index (χ4v) is 4.49. The number of aromatic nitrogens is 2. The molecule has 2 aromatic rings. The lowest BCUT2D eigenvalue weighted by Crippen LogP contribution is -2.20. The van der Waals surface area contributed by atoms with E-state index < -0.39 is 0 Å². The third kappa shape index (κ3) is 4.30. The second-order valence-electron chi connectivity index (χ2n) is 8.04. The van der Waals surface area contributed by atoms with E-state index in [1.807, 2.05) is 0 Å². The molecule has 0 saturated heterocycles. The highest BCUT2D eigenvalue weighted by atomic mass is 79.9. The Bertz CT molecular complexity index is 751. The largest absolute Gasteiger partial charge is 0.367 e. The van der Waals surface area contributed by atoms with E-state index in [0.29, 0.717) is 6.04 Å². The maximum Gasteiger partial charge on any atom is 0.225 e. The van der Waals surface area contributed by atoms with Crippen LogP contribution in [0.15, 0.2) is 22.7 Å². The van der Waals surface area contributed by atoms with Crippen LogP contribution in [0.1, 0.15) is 58.3 Å². The Morgan fingerprint density at radius 3 is 2.58 bits per heavy atom. The van der Waals surface area contributed by atoms with Gasteiger partial charge >= 0.3 is 0 Å². The van der Waals surface area contributed by atoms with Gasteiger partial charge in [-0.2, -0.15) is 4.98 Å². The number of halogens is 1. The normalized spacial score (nSPS) is 19.9. The molecule has 2 N–H and O–H groups in total. The lowest BCUT2D eigenvalue weighted by molar-refractivity contribution is 0.482. The van der Waals surface area contributed by atoms with Crippen LogP contribution >= 0.6 is 15.9 Å². The Morgan fingerprint density at radius 1 is 1.08 bits per heavy atom. The molecule has 1 heterocycles. The van der Waals surface area contributed by atoms with E-state index in [0.717, 1.165) is 45.5 Å². The Morgan fingerprint density at radius 2 is 1.85 bits per heavy atom. The highest BCUT2D eigenvalue weighted by Gasteiger charge is 2.28. The zero-order valence-electron chi connectivity index (χ0n) is 15.6. The minimum atomic E-state index is 0.460. The summed E-state index contributed by atoms with van der Waals surface area (Å²) < 4.78 is 1.03. The molecule has 140 valence electrons. The Balaban J connectivity index is 1.56. The molecular weight excluding hydrogens is 388 g/mol. The van der Waals surface area contributed by atoms with Gasteiger partial charge in [0.2, 0.25) is 5.95 Å². The van der Waals surface area contributed by atoms with Crippen LogP contribution in [0.4, 0.5) is 11.8 Å². The fraction of sp³-hybridized carbons (Fsp3) is 0.619. The lowest BCUT2D eigenvalue weighted by atomic mass is 10.0. The van der Waals surface area contributed by atoms with Gasteiger partial charge < -0.3 is 10.6 Å². The summed E-state index contributed by atoms with van der Waals surface area (Å²) in [7, 11) is 0. The van der Waals surface area contributed by atoms with Crippen LogP contribution in [0.3, 0.4) is 0 Å². The topological polar surface area (TPSA) is 49.8 Å². The van der Waals surface area contributed by atoms with Crippen LogP contribution < -0.4 is 10.6 Å². The first-order chi connectivity index (χ1) is 12.7. The molecule has 1 atom stereocenters. The van der Waals surface area contributed by atoms with Crippen LogP contribution in [0.5, 0.6) is 0 Å². The summed E-state index contributed by atoms with van der Waals surface area (Å²) in [5, 5.41) is 8.28. The summed E-state index contributed by atoms with van der Waals surface area (Å²) in [6.45, 7) is 3.25. The van der Waals surface area contributed by atoms with Gasteiger partial charge in [-0.25, -0.2) is 4.98 Å². The van der Waals surface area contributed by atoms with Gasteiger partial charge in [-0.3, -0.25) is 0 Å². The smallest absolute Gasteiger partial charge is 0.225 e. The SMILES string of the molecule is C[C@@H](Nc1nc(NCC2CCCCCC2)nc2c(Br)cccc12)C1CC1. The molecule has 0 aliphatic heterocycles. The van der Waals surface area contributed by atoms with Crippen molar-refractivity contribution in [2.75, 3.05) is 17.2 Å². The average molecular weight is 417 g/mol. The van der Waals surface area contributed by atoms with Gasteiger partial charge in [0.15, 0.2) is 0 Å². The minimum Gasteiger partial charge on any atom is -0.367 e. The molecule has 4 rings (SSSR count). The zero-order chi connectivity index (χ0) is 17.9. The number of rotatable bonds is 6. The number of para-hydroxylation sites is 1. The zero-order valence-corrected chi connectivity index (χ0v) is 17.2. The Kier molecular flexibility index (Phi) is 5.63. The van der Waals surface area contributed by atoms with Crippen molar-refractivity contribution in [3.63, 3.8) is 0 Å². The number of nitrogens with one attached hydrogen (secondary N) is 2. The predicted molar refractivity (Wildman–Crippen MR) is 113 cm³/mol. The van der Waals surface area contributed by atoms with Gasteiger partial charge in [0.1, 0.15) is 5.82 Å². The van der Waals surface area contributed by atoms with Crippen LogP contribution in [0.25, 0.3) is 10.9 Å². The molecule has 0 unspecified atom stereocenters. The first-order valence-electron chi connectivity index (χ1n) is 10.2. The summed E-state index contributed by atoms with van der Waals surface area (Å²) in [4.78, 5) is 9.65. The molecule has 2 fully saturated rings. The number of fused-ring (bicyclic) bond motifs is 1. The van der Waals surface area contributed by atoms with Crippen LogP contribution in [-0.2, 0) is 0 Å². The van der Waals surface area contributed by atoms with Crippen molar-refractivity contribution >= 4 is 38.6 Å². The van der Waals surface area contributed by atoms with Gasteiger partial charge in [-0.15, -0.1) is 0 Å². The van der Waals surface area contributed by atoms with Crippen molar-refractivity contribution in [1.29, 1.82) is 0 Å². The van der Waals surface area contributed by atoms with E-state index >= 15 is 0 Å². The second-order valence-corrected chi connectivity index (χ2v) is 8.90. The molecular formula is C21H29BrN4. The summed E-state index contributed by atoms with van der Waals surface area (Å²) in [6.07, 6.45) is 10.8. The molecule has 1 aromatic carbocycles. The molecule has 0 bridgehead atoms. The molecule has 0 spiro atoms. The number of nitrogens with zero attached hydrogens (tertiary/aromatic N) is 2. The van der Waals surface area contributed by atoms with Gasteiger partial charge in [0.25, 0.3) is 0 Å². The summed E-state index contributed by atoms with van der Waals surface area (Å²) in [6, 6.07) is 6.68. The molecule has 2 aliphatic carbocycles. The van der Waals surface area contributed by atoms with Gasteiger partial charge in [0.05, 0.1) is 5.52 Å². The number of benzene rings is 1. The van der Waals surface area contributed by atoms with Crippen molar-refractivity contribution in [3.8, 4) is 0 Å². The van der Waals surface area contributed by atoms with E-state index in [1.54, 1.807) is 0 Å². The standard InChI is InChI=1S/C21H29BrN4/c1-14(16-11-12-16)24-20-17-9-6-10-18(22)19(17)25-21(26-20)23-13-15-7-4-2-3-5-8-15/h6,9-10,14-16H,2-5,7-8,11-13H2,1H3,(H2,23,24,25,26)/t14-/m1/s1. The first-order valence-corrected chi connectivity index (χ1v) is 11.0. The monoisotopic (exact) mass is 416 g/mol. The molecule has 1 aromatic heterocycles. The molecule has 0 radical (unpaired) electrons. The van der Waals surface area contributed by atoms with Crippen molar-refractivity contribution in [2.45, 2.75) is 64.3 Å². The van der Waals surface area contributed by atoms with Gasteiger partial charge in [-0.1, -0.05) is 31.7 Å². The maximum absolute atomic E-state index is 4.85. The lowest BCUT2D eigenvalue weighted by Gasteiger charge is -2.18. The number of hydrogen-bond acceptors (Lipinski definition) is 4. The number of anilines is 2. The molecule has 4 nitrogen and oxygen atoms in total. The van der Waals surface area contributed by atoms with E-state index in [9.17, 15) is 0 Å². The third-order valence-corrected chi connectivity index (χ3v) is 6.53. The first kappa shape index (κ1) is 18.0. The second kappa shape index (κ2) is 8.12. The van der Waals surface area contributed by atoms with Crippen molar-refractivity contribution in [1.82, 2.24) is 9.97 Å². The van der Waals surface area contributed by atoms with Crippen LogP contribution in [0.2, 0.25) is 0 Å². The summed E-state index contributed by atoms with van der Waals surface area (Å²) in [5.41, 5.74) is 0.983. The minimum absolute atomic E-state index is 0.460. The Hall–Kier alpha value is -1.36. The summed E-state index contributed by atoms with van der Waals surface area (Å²) in [5.74, 6) is 3.24. The number of hydrogen-bond donors (Lipinski definition) is 2. The highest BCUT2D eigenvalue weighted by molar-refractivity contribution is 9.10. The summed E-state index contributed by atoms with van der Waals surface area (Å²) >= 11 is 3.66. The molecule has 0 amide bonds. The molecule has 2 saturated carbocycles. The van der Waals surface area contributed by atoms with Gasteiger partial charge in [0, 0.05) is 22.4 Å². The van der Waals surface area contributed by atoms with Crippen LogP contribution in [-0.4, -0.2) is 22.6 Å². The Labute approximate surface area is 164 Å². The quantitative estimate of drug-likeness (QED) is 0.568. The van der Waals surface area contributed by atoms with E-state index in [-0.39, 0.29) is 0 Å². The average Bonchev–Trinajstić information content (AvgIpc) is 3.48. The van der Waals surface area contributed by atoms with Crippen molar-refractivity contribution < 1.29 is 0 Å². The third-order valence-electron chi connectivity index (χ3n) is 5.89. The van der Waals surface area contributed by atoms with E-state index in [2.05, 4.69) is 51.7 Å². The maximum atomic E-state index is 4.85. The van der Waals surface area contributed by atoms with E-state index in [4.69, 9.17) is 9.97 Å². The molecule has 2 aliphatic rings. The fourth-order valence-electron chi connectivity index (χ4n) is 4.04. The van der Waals surface area contributed by atoms with Crippen molar-refractivity contribution in [2.24, 2.45) is 11.8 Å².